The molecule has 10 aromatic rings. The van der Waals surface area contributed by atoms with E-state index in [0.717, 1.165) is 64.9 Å². The molecule has 0 unspecified atom stereocenters. The fraction of sp³-hybridized carbons (Fsp3) is 0.329. The largest absolute Gasteiger partial charge is 0.508 e. The van der Waals surface area contributed by atoms with Crippen LogP contribution in [0.4, 0.5) is 14.6 Å². The minimum atomic E-state index is -1.25. The van der Waals surface area contributed by atoms with Gasteiger partial charge in [-0.2, -0.15) is 0 Å². The number of aromatic nitrogens is 10. The minimum absolute atomic E-state index is 0.0136. The molecule has 1 aliphatic heterocycles. The molecule has 0 fully saturated rings. The van der Waals surface area contributed by atoms with Crippen molar-refractivity contribution in [1.82, 2.24) is 47.8 Å². The number of aryl methyl sites for hydroxylation is 3. The van der Waals surface area contributed by atoms with Crippen LogP contribution >= 0.6 is 0 Å². The van der Waals surface area contributed by atoms with Crippen molar-refractivity contribution in [3.8, 4) is 63.7 Å². The van der Waals surface area contributed by atoms with E-state index in [2.05, 4.69) is 87.9 Å². The number of hydrogen-bond donors (Lipinski definition) is 1. The first-order chi connectivity index (χ1) is 46.2. The molecule has 0 saturated carbocycles. The molecule has 6 heterocycles. The fourth-order valence-corrected chi connectivity index (χ4v) is 11.5. The zero-order chi connectivity index (χ0) is 68.4. The van der Waals surface area contributed by atoms with Crippen molar-refractivity contribution in [3.63, 3.8) is 0 Å². The highest BCUT2D eigenvalue weighted by Gasteiger charge is 2.24. The fourth-order valence-electron chi connectivity index (χ4n) is 9.98. The molecular formula is C73H81F2N11O8Si2. The van der Waals surface area contributed by atoms with Gasteiger partial charge in [0.2, 0.25) is 0 Å². The van der Waals surface area contributed by atoms with E-state index in [1.807, 2.05) is 73.9 Å². The van der Waals surface area contributed by atoms with Gasteiger partial charge in [-0.3, -0.25) is 37.2 Å². The average Bonchev–Trinajstić information content (AvgIpc) is 1.62. The van der Waals surface area contributed by atoms with Crippen LogP contribution in [0.15, 0.2) is 160 Å². The Morgan fingerprint density at radius 1 is 0.510 bits per heavy atom. The number of halogens is 2. The van der Waals surface area contributed by atoms with E-state index < -0.39 is 16.1 Å². The van der Waals surface area contributed by atoms with Crippen LogP contribution in [0.25, 0.3) is 45.1 Å². The van der Waals surface area contributed by atoms with Crippen LogP contribution in [-0.2, 0) is 49.0 Å². The van der Waals surface area contributed by atoms with Gasteiger partial charge in [-0.05, 0) is 158 Å². The lowest BCUT2D eigenvalue weighted by Gasteiger charge is -2.16. The van der Waals surface area contributed by atoms with Crippen molar-refractivity contribution in [2.24, 2.45) is 4.99 Å². The molecule has 0 atom stereocenters. The summed E-state index contributed by atoms with van der Waals surface area (Å²) in [6.45, 7) is 23.9. The molecular weight excluding hydrogens is 1250 g/mol. The van der Waals surface area contributed by atoms with E-state index in [1.54, 1.807) is 85.8 Å². The second kappa shape index (κ2) is 33.0. The van der Waals surface area contributed by atoms with Crippen molar-refractivity contribution in [2.75, 3.05) is 26.4 Å². The third-order valence-electron chi connectivity index (χ3n) is 15.2. The normalized spacial score (nSPS) is 11.8. The SMILES string of the molecule is CCCn1cnc2c(c1=O)CC(c1ccc(OCC#Cc3ccc(F)cc3)cc1)=N2.CCCn1cnc2nc(-c3ccc(O)cc3)n(COCC[Si](C)(C)C)c2c1=O.CCCn1cnc2nc(-c3ccc(OCC#Cc4ccc(F)cc4)cc3)n(COCC[Si](C)(C)C)c2c1=O. The molecule has 498 valence electrons. The molecule has 96 heavy (non-hydrogen) atoms. The Morgan fingerprint density at radius 3 is 1.32 bits per heavy atom. The maximum absolute atomic E-state index is 13.3. The maximum atomic E-state index is 13.3. The molecule has 0 amide bonds. The number of aromatic hydroxyl groups is 1. The highest BCUT2D eigenvalue weighted by molar-refractivity contribution is 6.76. The second-order valence-electron chi connectivity index (χ2n) is 25.3. The predicted octanol–water partition coefficient (Wildman–Crippen LogP) is 13.1. The van der Waals surface area contributed by atoms with E-state index in [1.165, 1.54) is 24.3 Å². The van der Waals surface area contributed by atoms with Gasteiger partial charge in [0.15, 0.2) is 28.1 Å². The summed E-state index contributed by atoms with van der Waals surface area (Å²) >= 11 is 0. The third kappa shape index (κ3) is 19.2. The number of imidazole rings is 2. The van der Waals surface area contributed by atoms with Gasteiger partial charge in [-0.25, -0.2) is 38.7 Å². The van der Waals surface area contributed by atoms with Crippen molar-refractivity contribution < 1.29 is 32.8 Å². The van der Waals surface area contributed by atoms with Crippen molar-refractivity contribution in [2.45, 2.75) is 131 Å². The van der Waals surface area contributed by atoms with Crippen LogP contribution < -0.4 is 26.2 Å². The summed E-state index contributed by atoms with van der Waals surface area (Å²) in [6.07, 6.45) is 7.72. The Hall–Kier alpha value is -9.92. The zero-order valence-corrected chi connectivity index (χ0v) is 57.9. The summed E-state index contributed by atoms with van der Waals surface area (Å²) in [7, 11) is -2.45. The molecule has 5 aromatic heterocycles. The van der Waals surface area contributed by atoms with E-state index in [0.29, 0.717) is 96.1 Å². The summed E-state index contributed by atoms with van der Waals surface area (Å²) in [5.41, 5.74) is 6.95. The first-order valence-corrected chi connectivity index (χ1v) is 39.6. The Labute approximate surface area is 559 Å². The van der Waals surface area contributed by atoms with Crippen molar-refractivity contribution >= 4 is 50.0 Å². The number of hydrogen-bond acceptors (Lipinski definition) is 14. The van der Waals surface area contributed by atoms with Crippen LogP contribution in [0.3, 0.4) is 0 Å². The number of benzene rings is 5. The molecule has 11 rings (SSSR count). The molecule has 23 heteroatoms. The molecule has 0 aliphatic carbocycles. The van der Waals surface area contributed by atoms with E-state index in [-0.39, 0.29) is 60.7 Å². The predicted molar refractivity (Wildman–Crippen MR) is 378 cm³/mol. The first kappa shape index (κ1) is 70.4. The van der Waals surface area contributed by atoms with Gasteiger partial charge >= 0.3 is 0 Å². The Kier molecular flexibility index (Phi) is 24.2. The lowest BCUT2D eigenvalue weighted by atomic mass is 10.1. The quantitative estimate of drug-likeness (QED) is 0.0359. The van der Waals surface area contributed by atoms with Crippen LogP contribution in [0.5, 0.6) is 17.2 Å². The highest BCUT2D eigenvalue weighted by Crippen LogP contribution is 2.28. The topological polar surface area (TPSA) is 210 Å². The van der Waals surface area contributed by atoms with Crippen LogP contribution in [-0.4, -0.2) is 101 Å². The Morgan fingerprint density at radius 2 is 0.906 bits per heavy atom. The summed E-state index contributed by atoms with van der Waals surface area (Å²) < 4.78 is 57.8. The van der Waals surface area contributed by atoms with Crippen molar-refractivity contribution in [1.29, 1.82) is 0 Å². The molecule has 19 nitrogen and oxygen atoms in total. The van der Waals surface area contributed by atoms with Gasteiger partial charge < -0.3 is 24.1 Å². The summed E-state index contributed by atoms with van der Waals surface area (Å²) in [4.78, 5) is 65.8. The molecule has 5 aromatic carbocycles. The van der Waals surface area contributed by atoms with E-state index >= 15 is 0 Å². The summed E-state index contributed by atoms with van der Waals surface area (Å²) in [5, 5.41) is 9.59. The number of fused-ring (bicyclic) bond motifs is 3. The lowest BCUT2D eigenvalue weighted by Crippen LogP contribution is -2.24. The van der Waals surface area contributed by atoms with Crippen LogP contribution in [0.2, 0.25) is 51.4 Å². The van der Waals surface area contributed by atoms with Gasteiger partial charge in [-0.1, -0.05) is 83.7 Å². The highest BCUT2D eigenvalue weighted by atomic mass is 28.3. The van der Waals surface area contributed by atoms with Crippen LogP contribution in [0.1, 0.15) is 62.3 Å². The van der Waals surface area contributed by atoms with E-state index in [9.17, 15) is 28.3 Å². The first-order valence-electron chi connectivity index (χ1n) is 32.2. The van der Waals surface area contributed by atoms with Gasteiger partial charge in [0, 0.05) is 77.7 Å². The number of nitrogens with zero attached hydrogens (tertiary/aromatic N) is 11. The standard InChI is InChI=1S/C29H33FN4O3Si.C24H20FN3O2.C20H28N4O3Si/c1-5-16-33-20-31-27-26(29(33)35)34(21-36-18-19-38(2,3)4)28(32-27)23-10-14-25(15-11-23)37-17-6-7-22-8-12-24(30)13-9-22;1-2-13-28-16-26-23-21(24(28)29)15-22(27-23)18-7-11-20(12-8-18)30-14-3-4-17-5-9-19(25)10-6-17;1-5-10-23-13-21-18-17(20(23)26)24(14-27-11-12-28(2,3)4)19(22-18)15-6-8-16(25)9-7-15/h8-15,20H,5,16-19,21H2,1-4H3;5-12,16H,2,13-15H2,1H3;6-9,13,25H,5,10-12,14H2,1-4H3. The monoisotopic (exact) mass is 1330 g/mol. The zero-order valence-electron chi connectivity index (χ0n) is 55.9. The second-order valence-corrected chi connectivity index (χ2v) is 36.6. The molecule has 0 saturated heterocycles. The van der Waals surface area contributed by atoms with E-state index in [4.69, 9.17) is 23.9 Å². The lowest BCUT2D eigenvalue weighted by molar-refractivity contribution is 0.0907. The van der Waals surface area contributed by atoms with Crippen LogP contribution in [0, 0.1) is 35.3 Å². The van der Waals surface area contributed by atoms with Gasteiger partial charge in [0.05, 0.1) is 17.6 Å². The van der Waals surface area contributed by atoms with Crippen molar-refractivity contribution in [3.05, 3.63) is 205 Å². The number of phenols is 1. The van der Waals surface area contributed by atoms with Gasteiger partial charge in [0.1, 0.15) is 79.9 Å². The molecule has 0 spiro atoms. The van der Waals surface area contributed by atoms with Gasteiger partial charge in [0.25, 0.3) is 16.7 Å². The minimum Gasteiger partial charge on any atom is -0.508 e. The number of ether oxygens (including phenoxy) is 4. The average molecular weight is 1330 g/mol. The Balaban J connectivity index is 0.000000171. The molecule has 0 bridgehead atoms. The summed E-state index contributed by atoms with van der Waals surface area (Å²) in [6, 6.07) is 35.9. The number of phenolic OH excluding ortho intramolecular Hbond substituents is 1. The maximum Gasteiger partial charge on any atom is 0.279 e. The third-order valence-corrected chi connectivity index (χ3v) is 18.6. The van der Waals surface area contributed by atoms with Gasteiger partial charge in [-0.15, -0.1) is 0 Å². The molecule has 1 aliphatic rings. The summed E-state index contributed by atoms with van der Waals surface area (Å²) in [5.74, 6) is 14.4. The molecule has 1 N–H and O–H groups in total. The Bertz CT molecular complexity index is 4630. The number of aliphatic imine (C=N–C) groups is 1. The smallest absolute Gasteiger partial charge is 0.279 e. The number of rotatable bonds is 23. The molecule has 0 radical (unpaired) electrons.